The fraction of sp³-hybridized carbons (Fsp3) is 0.923. The Balaban J connectivity index is 2.39. The molecule has 1 aliphatic rings. The van der Waals surface area contributed by atoms with E-state index in [2.05, 4.69) is 18.6 Å². The number of hydrogen-bond donors (Lipinski definition) is 1. The Hall–Kier alpha value is -0.620. The number of likely N-dealkylation sites (tertiary alicyclic amines) is 1. The van der Waals surface area contributed by atoms with Crippen LogP contribution in [0.1, 0.15) is 39.5 Å². The monoisotopic (exact) mass is 290 g/mol. The first-order valence-corrected chi connectivity index (χ1v) is 8.89. The number of nitrogens with zero attached hydrogens (tertiary/aromatic N) is 1. The Kier molecular flexibility index (Phi) is 6.26. The maximum absolute atomic E-state index is 12.0. The zero-order valence-corrected chi connectivity index (χ0v) is 13.0. The summed E-state index contributed by atoms with van der Waals surface area (Å²) in [6.45, 7) is 6.16. The van der Waals surface area contributed by atoms with Gasteiger partial charge in [0.2, 0.25) is 15.9 Å². The van der Waals surface area contributed by atoms with Crippen molar-refractivity contribution in [3.63, 3.8) is 0 Å². The summed E-state index contributed by atoms with van der Waals surface area (Å²) in [5, 5.41) is 0. The first kappa shape index (κ1) is 16.4. The SMILES string of the molecule is CC(C)CCC(=O)N1CCC[C@H](CNS(C)(=O)=O)C1. The van der Waals surface area contributed by atoms with Gasteiger partial charge in [0.15, 0.2) is 0 Å². The highest BCUT2D eigenvalue weighted by molar-refractivity contribution is 7.88. The molecule has 1 atom stereocenters. The molecule has 0 aromatic rings. The first-order valence-electron chi connectivity index (χ1n) is 7.00. The summed E-state index contributed by atoms with van der Waals surface area (Å²) in [6, 6.07) is 0. The van der Waals surface area contributed by atoms with Crippen molar-refractivity contribution in [2.24, 2.45) is 11.8 Å². The zero-order valence-electron chi connectivity index (χ0n) is 12.2. The third-order valence-electron chi connectivity index (χ3n) is 3.44. The normalized spacial score (nSPS) is 20.8. The molecule has 112 valence electrons. The number of rotatable bonds is 6. The molecule has 5 nitrogen and oxygen atoms in total. The van der Waals surface area contributed by atoms with Gasteiger partial charge in [-0.3, -0.25) is 4.79 Å². The molecular weight excluding hydrogens is 264 g/mol. The Morgan fingerprint density at radius 1 is 1.42 bits per heavy atom. The minimum absolute atomic E-state index is 0.206. The van der Waals surface area contributed by atoms with E-state index in [-0.39, 0.29) is 11.8 Å². The first-order chi connectivity index (χ1) is 8.78. The highest BCUT2D eigenvalue weighted by Crippen LogP contribution is 2.18. The van der Waals surface area contributed by atoms with E-state index in [9.17, 15) is 13.2 Å². The van der Waals surface area contributed by atoms with E-state index in [1.54, 1.807) is 0 Å². The molecule has 0 aromatic heterocycles. The lowest BCUT2D eigenvalue weighted by Crippen LogP contribution is -2.43. The average Bonchev–Trinajstić information content (AvgIpc) is 2.33. The van der Waals surface area contributed by atoms with Gasteiger partial charge in [0.05, 0.1) is 6.26 Å². The second-order valence-electron chi connectivity index (χ2n) is 5.90. The standard InChI is InChI=1S/C13H26N2O3S/c1-11(2)6-7-13(16)15-8-4-5-12(10-15)9-14-19(3,17)18/h11-12,14H,4-10H2,1-3H3/t12-/m1/s1. The number of nitrogens with one attached hydrogen (secondary N) is 1. The van der Waals surface area contributed by atoms with Crippen molar-refractivity contribution in [1.82, 2.24) is 9.62 Å². The number of carbonyl (C=O) groups excluding carboxylic acids is 1. The van der Waals surface area contributed by atoms with Crippen LogP contribution in [0.25, 0.3) is 0 Å². The van der Waals surface area contributed by atoms with Gasteiger partial charge in [-0.15, -0.1) is 0 Å². The lowest BCUT2D eigenvalue weighted by molar-refractivity contribution is -0.133. The molecule has 1 aliphatic heterocycles. The van der Waals surface area contributed by atoms with Crippen molar-refractivity contribution < 1.29 is 13.2 Å². The second kappa shape index (κ2) is 7.24. The van der Waals surface area contributed by atoms with Gasteiger partial charge in [0, 0.05) is 26.1 Å². The number of hydrogen-bond acceptors (Lipinski definition) is 3. The quantitative estimate of drug-likeness (QED) is 0.799. The zero-order chi connectivity index (χ0) is 14.5. The molecule has 19 heavy (non-hydrogen) atoms. The van der Waals surface area contributed by atoms with Crippen LogP contribution in [0, 0.1) is 11.8 Å². The molecule has 0 saturated carbocycles. The van der Waals surface area contributed by atoms with Gasteiger partial charge in [-0.05, 0) is 31.1 Å². The lowest BCUT2D eigenvalue weighted by Gasteiger charge is -2.33. The molecule has 0 bridgehead atoms. The molecule has 1 amide bonds. The van der Waals surface area contributed by atoms with Crippen LogP contribution in [0.3, 0.4) is 0 Å². The van der Waals surface area contributed by atoms with Gasteiger partial charge in [-0.25, -0.2) is 13.1 Å². The molecule has 1 heterocycles. The Labute approximate surface area is 116 Å². The molecule has 0 unspecified atom stereocenters. The largest absolute Gasteiger partial charge is 0.342 e. The maximum atomic E-state index is 12.0. The fourth-order valence-electron chi connectivity index (χ4n) is 2.30. The summed E-state index contributed by atoms with van der Waals surface area (Å²) >= 11 is 0. The van der Waals surface area contributed by atoms with Crippen molar-refractivity contribution >= 4 is 15.9 Å². The van der Waals surface area contributed by atoms with Crippen molar-refractivity contribution in [3.05, 3.63) is 0 Å². The number of amides is 1. The van der Waals surface area contributed by atoms with Crippen LogP contribution in [0.5, 0.6) is 0 Å². The van der Waals surface area contributed by atoms with Gasteiger partial charge >= 0.3 is 0 Å². The van der Waals surface area contributed by atoms with Crippen LogP contribution in [0.2, 0.25) is 0 Å². The third kappa shape index (κ3) is 6.92. The topological polar surface area (TPSA) is 66.5 Å². The fourth-order valence-corrected chi connectivity index (χ4v) is 2.84. The van der Waals surface area contributed by atoms with Crippen LogP contribution in [-0.4, -0.2) is 45.1 Å². The molecule has 1 fully saturated rings. The Morgan fingerprint density at radius 3 is 2.68 bits per heavy atom. The summed E-state index contributed by atoms with van der Waals surface area (Å²) < 4.78 is 24.7. The highest BCUT2D eigenvalue weighted by atomic mass is 32.2. The second-order valence-corrected chi connectivity index (χ2v) is 7.73. The summed E-state index contributed by atoms with van der Waals surface area (Å²) in [6.07, 6.45) is 4.63. The number of sulfonamides is 1. The smallest absolute Gasteiger partial charge is 0.222 e. The third-order valence-corrected chi connectivity index (χ3v) is 4.13. The van der Waals surface area contributed by atoms with Gasteiger partial charge in [0.25, 0.3) is 0 Å². The van der Waals surface area contributed by atoms with Crippen LogP contribution >= 0.6 is 0 Å². The number of piperidine rings is 1. The van der Waals surface area contributed by atoms with E-state index in [1.165, 1.54) is 6.26 Å². The molecule has 0 spiro atoms. The van der Waals surface area contributed by atoms with Crippen molar-refractivity contribution in [2.45, 2.75) is 39.5 Å². The molecule has 1 saturated heterocycles. The molecule has 0 aliphatic carbocycles. The molecule has 0 radical (unpaired) electrons. The summed E-state index contributed by atoms with van der Waals surface area (Å²) in [5.41, 5.74) is 0. The van der Waals surface area contributed by atoms with Crippen molar-refractivity contribution in [2.75, 3.05) is 25.9 Å². The van der Waals surface area contributed by atoms with Gasteiger partial charge < -0.3 is 4.90 Å². The van der Waals surface area contributed by atoms with Crippen LogP contribution in [-0.2, 0) is 14.8 Å². The van der Waals surface area contributed by atoms with E-state index in [4.69, 9.17) is 0 Å². The minimum Gasteiger partial charge on any atom is -0.342 e. The van der Waals surface area contributed by atoms with Gasteiger partial charge in [-0.2, -0.15) is 0 Å². The van der Waals surface area contributed by atoms with E-state index in [0.29, 0.717) is 25.4 Å². The highest BCUT2D eigenvalue weighted by Gasteiger charge is 2.23. The molecule has 6 heteroatoms. The maximum Gasteiger partial charge on any atom is 0.222 e. The van der Waals surface area contributed by atoms with Gasteiger partial charge in [0.1, 0.15) is 0 Å². The van der Waals surface area contributed by atoms with Crippen LogP contribution in [0.15, 0.2) is 0 Å². The summed E-state index contributed by atoms with van der Waals surface area (Å²) in [7, 11) is -3.14. The Bertz CT molecular complexity index is 393. The lowest BCUT2D eigenvalue weighted by atomic mass is 9.97. The predicted molar refractivity (Wildman–Crippen MR) is 76.2 cm³/mol. The minimum atomic E-state index is -3.14. The molecular formula is C13H26N2O3S. The van der Waals surface area contributed by atoms with E-state index >= 15 is 0 Å². The van der Waals surface area contributed by atoms with Crippen LogP contribution in [0.4, 0.5) is 0 Å². The summed E-state index contributed by atoms with van der Waals surface area (Å²) in [4.78, 5) is 13.9. The molecule has 1 N–H and O–H groups in total. The summed E-state index contributed by atoms with van der Waals surface area (Å²) in [5.74, 6) is 0.987. The van der Waals surface area contributed by atoms with E-state index < -0.39 is 10.0 Å². The Morgan fingerprint density at radius 2 is 2.11 bits per heavy atom. The van der Waals surface area contributed by atoms with Gasteiger partial charge in [-0.1, -0.05) is 13.8 Å². The molecule has 1 rings (SSSR count). The predicted octanol–water partition coefficient (Wildman–Crippen LogP) is 1.21. The van der Waals surface area contributed by atoms with E-state index in [1.807, 2.05) is 4.90 Å². The average molecular weight is 290 g/mol. The van der Waals surface area contributed by atoms with Crippen molar-refractivity contribution in [3.8, 4) is 0 Å². The van der Waals surface area contributed by atoms with E-state index in [0.717, 1.165) is 25.8 Å². The molecule has 0 aromatic carbocycles. The number of carbonyl (C=O) groups is 1. The van der Waals surface area contributed by atoms with Crippen molar-refractivity contribution in [1.29, 1.82) is 0 Å². The van der Waals surface area contributed by atoms with Crippen LogP contribution < -0.4 is 4.72 Å².